The molecule has 0 spiro atoms. The fourth-order valence-electron chi connectivity index (χ4n) is 7.26. The van der Waals surface area contributed by atoms with Crippen molar-refractivity contribution < 1.29 is 9.59 Å². The second kappa shape index (κ2) is 9.08. The number of benzene rings is 2. The van der Waals surface area contributed by atoms with E-state index < -0.39 is 0 Å². The van der Waals surface area contributed by atoms with Crippen molar-refractivity contribution in [2.75, 3.05) is 5.32 Å². The molecular formula is C31H31N5O2. The van der Waals surface area contributed by atoms with Gasteiger partial charge in [0.05, 0.1) is 11.0 Å². The summed E-state index contributed by atoms with van der Waals surface area (Å²) in [7, 11) is 0. The molecule has 7 nitrogen and oxygen atoms in total. The van der Waals surface area contributed by atoms with Crippen LogP contribution in [0.15, 0.2) is 66.9 Å². The molecule has 6 atom stereocenters. The van der Waals surface area contributed by atoms with Crippen LogP contribution in [0.2, 0.25) is 0 Å². The molecule has 3 fully saturated rings. The Labute approximate surface area is 221 Å². The third kappa shape index (κ3) is 4.06. The second-order valence-corrected chi connectivity index (χ2v) is 11.4. The molecule has 3 saturated carbocycles. The van der Waals surface area contributed by atoms with E-state index in [1.165, 1.54) is 25.7 Å². The molecule has 0 radical (unpaired) electrons. The number of nitrogens with zero attached hydrogens (tertiary/aromatic N) is 2. The molecule has 2 unspecified atom stereocenters. The van der Waals surface area contributed by atoms with Crippen LogP contribution in [0.3, 0.4) is 0 Å². The number of carbonyl (C=O) groups excluding carboxylic acids is 2. The second-order valence-electron chi connectivity index (χ2n) is 11.4. The topological polar surface area (TPSA) is 99.8 Å². The van der Waals surface area contributed by atoms with E-state index in [0.29, 0.717) is 34.6 Å². The van der Waals surface area contributed by atoms with E-state index in [1.807, 2.05) is 42.5 Å². The maximum Gasteiger partial charge on any atom is 0.274 e. The molecular weight excluding hydrogens is 474 g/mol. The van der Waals surface area contributed by atoms with E-state index >= 15 is 0 Å². The van der Waals surface area contributed by atoms with Gasteiger partial charge in [-0.05, 0) is 110 Å². The summed E-state index contributed by atoms with van der Waals surface area (Å²) in [5.41, 5.74) is 4.24. The Hall–Kier alpha value is -4.00. The molecule has 38 heavy (non-hydrogen) atoms. The van der Waals surface area contributed by atoms with Crippen LogP contribution in [0, 0.1) is 29.6 Å². The lowest BCUT2D eigenvalue weighted by atomic mass is 9.63. The molecule has 192 valence electrons. The monoisotopic (exact) mass is 505 g/mol. The maximum atomic E-state index is 13.3. The van der Waals surface area contributed by atoms with Crippen molar-refractivity contribution in [1.82, 2.24) is 20.3 Å². The van der Waals surface area contributed by atoms with E-state index in [2.05, 4.69) is 27.5 Å². The zero-order chi connectivity index (χ0) is 25.8. The van der Waals surface area contributed by atoms with Gasteiger partial charge in [-0.1, -0.05) is 13.0 Å². The molecule has 7 heteroatoms. The number of imidazole rings is 1. The summed E-state index contributed by atoms with van der Waals surface area (Å²) < 4.78 is 0. The number of carbonyl (C=O) groups is 2. The Bertz CT molecular complexity index is 1510. The minimum Gasteiger partial charge on any atom is -0.349 e. The molecule has 2 aromatic carbocycles. The van der Waals surface area contributed by atoms with Gasteiger partial charge in [-0.15, -0.1) is 0 Å². The Morgan fingerprint density at radius 2 is 1.71 bits per heavy atom. The molecule has 4 aromatic rings. The van der Waals surface area contributed by atoms with Crippen molar-refractivity contribution in [3.8, 4) is 11.4 Å². The van der Waals surface area contributed by atoms with Gasteiger partial charge in [0.2, 0.25) is 0 Å². The first-order valence-electron chi connectivity index (χ1n) is 13.7. The van der Waals surface area contributed by atoms with Crippen LogP contribution in [-0.2, 0) is 0 Å². The standard InChI is InChI=1S/C31H31N5O2/c1-17-12-20-13-21-14-22(15-24(20)21)28(17)36-30(37)19-7-10-25-27(16-19)35-29(34-25)18-5-8-23(9-6-18)33-31(38)26-4-2-3-11-32-26/h2-11,16-17,20-22,24,28H,12-15H2,1H3,(H,33,38)(H,34,35)(H,36,37)/t17-,20-,21+,22+,24?,28?/m1/s1. The molecule has 2 bridgehead atoms. The number of amides is 2. The Kier molecular flexibility index (Phi) is 5.53. The maximum absolute atomic E-state index is 13.3. The van der Waals surface area contributed by atoms with Crippen LogP contribution in [0.25, 0.3) is 22.4 Å². The molecule has 2 aromatic heterocycles. The molecule has 3 aliphatic carbocycles. The third-order valence-electron chi connectivity index (χ3n) is 9.15. The predicted molar refractivity (Wildman–Crippen MR) is 147 cm³/mol. The van der Waals surface area contributed by atoms with Gasteiger partial charge in [0.25, 0.3) is 11.8 Å². The molecule has 3 aliphatic rings. The summed E-state index contributed by atoms with van der Waals surface area (Å²) in [4.78, 5) is 37.8. The zero-order valence-corrected chi connectivity index (χ0v) is 21.4. The lowest BCUT2D eigenvalue weighted by Crippen LogP contribution is -2.45. The van der Waals surface area contributed by atoms with Gasteiger partial charge in [-0.3, -0.25) is 14.6 Å². The average molecular weight is 506 g/mol. The number of fused-ring (bicyclic) bond motifs is 2. The number of aromatic nitrogens is 3. The average Bonchev–Trinajstić information content (AvgIpc) is 3.48. The Morgan fingerprint density at radius 3 is 2.53 bits per heavy atom. The smallest absolute Gasteiger partial charge is 0.274 e. The summed E-state index contributed by atoms with van der Waals surface area (Å²) in [5, 5.41) is 6.28. The molecule has 0 aliphatic heterocycles. The lowest BCUT2D eigenvalue weighted by molar-refractivity contribution is 0.0681. The minimum absolute atomic E-state index is 0.00641. The molecule has 2 heterocycles. The van der Waals surface area contributed by atoms with Crippen LogP contribution in [0.5, 0.6) is 0 Å². The number of hydrogen-bond donors (Lipinski definition) is 3. The lowest BCUT2D eigenvalue weighted by Gasteiger charge is -2.43. The van der Waals surface area contributed by atoms with Gasteiger partial charge in [0.1, 0.15) is 11.5 Å². The van der Waals surface area contributed by atoms with Crippen LogP contribution in [-0.4, -0.2) is 32.8 Å². The van der Waals surface area contributed by atoms with E-state index in [-0.39, 0.29) is 17.9 Å². The molecule has 0 saturated heterocycles. The van der Waals surface area contributed by atoms with Gasteiger partial charge >= 0.3 is 0 Å². The van der Waals surface area contributed by atoms with Crippen LogP contribution in [0.4, 0.5) is 5.69 Å². The van der Waals surface area contributed by atoms with Crippen molar-refractivity contribution in [3.05, 3.63) is 78.1 Å². The zero-order valence-electron chi connectivity index (χ0n) is 21.4. The summed E-state index contributed by atoms with van der Waals surface area (Å²) in [6.07, 6.45) is 6.83. The van der Waals surface area contributed by atoms with Crippen LogP contribution >= 0.6 is 0 Å². The van der Waals surface area contributed by atoms with Gasteiger partial charge < -0.3 is 15.6 Å². The molecule has 7 rings (SSSR count). The summed E-state index contributed by atoms with van der Waals surface area (Å²) >= 11 is 0. The highest BCUT2D eigenvalue weighted by molar-refractivity contribution is 6.03. The highest BCUT2D eigenvalue weighted by Crippen LogP contribution is 2.59. The van der Waals surface area contributed by atoms with Crippen molar-refractivity contribution in [1.29, 1.82) is 0 Å². The quantitative estimate of drug-likeness (QED) is 0.325. The number of H-pyrrole nitrogens is 1. The number of nitrogens with one attached hydrogen (secondary N) is 3. The fourth-order valence-corrected chi connectivity index (χ4v) is 7.26. The van der Waals surface area contributed by atoms with Crippen molar-refractivity contribution >= 4 is 28.5 Å². The van der Waals surface area contributed by atoms with Crippen LogP contribution in [0.1, 0.15) is 53.5 Å². The predicted octanol–water partition coefficient (Wildman–Crippen LogP) is 5.68. The van der Waals surface area contributed by atoms with E-state index in [1.54, 1.807) is 24.4 Å². The largest absolute Gasteiger partial charge is 0.349 e. The van der Waals surface area contributed by atoms with Crippen molar-refractivity contribution in [2.45, 2.75) is 38.6 Å². The fraction of sp³-hybridized carbons (Fsp3) is 0.355. The first kappa shape index (κ1) is 23.1. The van der Waals surface area contributed by atoms with E-state index in [4.69, 9.17) is 4.98 Å². The minimum atomic E-state index is -0.254. The first-order valence-corrected chi connectivity index (χ1v) is 13.7. The Balaban J connectivity index is 1.06. The Morgan fingerprint density at radius 1 is 0.895 bits per heavy atom. The highest BCUT2D eigenvalue weighted by atomic mass is 16.2. The van der Waals surface area contributed by atoms with Crippen molar-refractivity contribution in [2.24, 2.45) is 29.6 Å². The number of aromatic amines is 1. The van der Waals surface area contributed by atoms with Crippen molar-refractivity contribution in [3.63, 3.8) is 0 Å². The first-order chi connectivity index (χ1) is 18.5. The summed E-state index contributed by atoms with van der Waals surface area (Å²) in [5.74, 6) is 4.32. The number of rotatable bonds is 5. The van der Waals surface area contributed by atoms with Gasteiger partial charge in [0.15, 0.2) is 0 Å². The number of anilines is 1. The number of hydrogen-bond acceptors (Lipinski definition) is 4. The van der Waals surface area contributed by atoms with Crippen LogP contribution < -0.4 is 10.6 Å². The van der Waals surface area contributed by atoms with Gasteiger partial charge in [-0.25, -0.2) is 4.98 Å². The summed E-state index contributed by atoms with van der Waals surface area (Å²) in [6.45, 7) is 2.32. The summed E-state index contributed by atoms with van der Waals surface area (Å²) in [6, 6.07) is 18.7. The highest BCUT2D eigenvalue weighted by Gasteiger charge is 2.53. The molecule has 3 N–H and O–H groups in total. The van der Waals surface area contributed by atoms with E-state index in [9.17, 15) is 9.59 Å². The molecule has 2 amide bonds. The van der Waals surface area contributed by atoms with E-state index in [0.717, 1.165) is 34.4 Å². The third-order valence-corrected chi connectivity index (χ3v) is 9.15. The normalized spacial score (nSPS) is 27.4. The SMILES string of the molecule is C[C@@H]1C[C@@H]2C[C@H]3C[C@@H](CC32)C1NC(=O)c1ccc2nc(-c3ccc(NC(=O)c4ccccn4)cc3)[nH]c2c1. The number of pyridine rings is 1. The van der Waals surface area contributed by atoms with Gasteiger partial charge in [-0.2, -0.15) is 0 Å². The van der Waals surface area contributed by atoms with Gasteiger partial charge in [0, 0.05) is 29.1 Å².